The maximum Gasteiger partial charge on any atom is 0.344 e. The van der Waals surface area contributed by atoms with E-state index in [0.29, 0.717) is 5.56 Å². The molecule has 0 radical (unpaired) electrons. The van der Waals surface area contributed by atoms with Crippen molar-refractivity contribution in [2.24, 2.45) is 0 Å². The molecule has 1 atom stereocenters. The number of Topliss-reactive ketones (excluding diaryl/α,β-unsaturated/α-hetero) is 1. The highest BCUT2D eigenvalue weighted by Crippen LogP contribution is 2.19. The second-order valence-corrected chi connectivity index (χ2v) is 5.60. The Kier molecular flexibility index (Phi) is 5.41. The molecule has 0 aliphatic rings. The average Bonchev–Trinajstić information content (AvgIpc) is 2.36. The Morgan fingerprint density at radius 2 is 1.85 bits per heavy atom. The zero-order valence-electron chi connectivity index (χ0n) is 11.5. The highest BCUT2D eigenvalue weighted by molar-refractivity contribution is 7.86. The largest absolute Gasteiger partial charge is 0.464 e. The van der Waals surface area contributed by atoms with Gasteiger partial charge < -0.3 is 4.74 Å². The summed E-state index contributed by atoms with van der Waals surface area (Å²) in [5, 5.41) is 0. The SMILES string of the molecule is CCOC(=O)C(OS(=O)(=O)c1ccccc1C)C(C)=O. The first kappa shape index (κ1) is 16.3. The van der Waals surface area contributed by atoms with Crippen LogP contribution in [0.2, 0.25) is 0 Å². The molecule has 0 heterocycles. The molecular formula is C13H16O6S. The van der Waals surface area contributed by atoms with Crippen LogP contribution in [0.5, 0.6) is 0 Å². The standard InChI is InChI=1S/C13H16O6S/c1-4-18-13(15)12(10(3)14)19-20(16,17)11-8-6-5-7-9(11)2/h5-8,12H,4H2,1-3H3. The molecular weight excluding hydrogens is 284 g/mol. The van der Waals surface area contributed by atoms with Gasteiger partial charge in [-0.05, 0) is 32.4 Å². The lowest BCUT2D eigenvalue weighted by Crippen LogP contribution is -2.35. The number of ketones is 1. The van der Waals surface area contributed by atoms with E-state index in [4.69, 9.17) is 4.18 Å². The van der Waals surface area contributed by atoms with Gasteiger partial charge in [0.25, 0.3) is 10.1 Å². The molecule has 0 aliphatic carbocycles. The number of ether oxygens (including phenoxy) is 1. The highest BCUT2D eigenvalue weighted by Gasteiger charge is 2.32. The van der Waals surface area contributed by atoms with E-state index in [-0.39, 0.29) is 11.5 Å². The summed E-state index contributed by atoms with van der Waals surface area (Å²) in [6, 6.07) is 6.12. The van der Waals surface area contributed by atoms with Crippen LogP contribution in [0.25, 0.3) is 0 Å². The van der Waals surface area contributed by atoms with Gasteiger partial charge in [0, 0.05) is 0 Å². The molecule has 1 unspecified atom stereocenters. The number of hydrogen-bond donors (Lipinski definition) is 0. The second-order valence-electron chi connectivity index (χ2n) is 4.06. The summed E-state index contributed by atoms with van der Waals surface area (Å²) in [7, 11) is -4.22. The van der Waals surface area contributed by atoms with Gasteiger partial charge in [-0.3, -0.25) is 4.79 Å². The van der Waals surface area contributed by atoms with Crippen LogP contribution in [0.15, 0.2) is 29.2 Å². The molecule has 6 nitrogen and oxygen atoms in total. The van der Waals surface area contributed by atoms with Gasteiger partial charge in [0.05, 0.1) is 11.5 Å². The molecule has 0 aliphatic heterocycles. The van der Waals surface area contributed by atoms with E-state index in [0.717, 1.165) is 6.92 Å². The van der Waals surface area contributed by atoms with E-state index < -0.39 is 28.0 Å². The summed E-state index contributed by atoms with van der Waals surface area (Å²) in [6.45, 7) is 4.22. The van der Waals surface area contributed by atoms with Gasteiger partial charge in [0.15, 0.2) is 5.78 Å². The first-order valence-electron chi connectivity index (χ1n) is 5.95. The number of carbonyl (C=O) groups is 2. The van der Waals surface area contributed by atoms with Crippen LogP contribution in [0.1, 0.15) is 19.4 Å². The number of rotatable bonds is 6. The summed E-state index contributed by atoms with van der Waals surface area (Å²) in [5.41, 5.74) is 0.457. The summed E-state index contributed by atoms with van der Waals surface area (Å²) in [5.74, 6) is -1.75. The Labute approximate surface area is 117 Å². The van der Waals surface area contributed by atoms with Crippen LogP contribution < -0.4 is 0 Å². The molecule has 0 fully saturated rings. The number of aryl methyl sites for hydroxylation is 1. The predicted octanol–water partition coefficient (Wildman–Crippen LogP) is 1.22. The lowest BCUT2D eigenvalue weighted by molar-refractivity contribution is -0.154. The minimum atomic E-state index is -4.22. The van der Waals surface area contributed by atoms with Crippen molar-refractivity contribution in [3.8, 4) is 0 Å². The first-order chi connectivity index (χ1) is 9.29. The predicted molar refractivity (Wildman–Crippen MR) is 70.6 cm³/mol. The summed E-state index contributed by atoms with van der Waals surface area (Å²) >= 11 is 0. The van der Waals surface area contributed by atoms with E-state index in [1.165, 1.54) is 12.1 Å². The molecule has 0 bridgehead atoms. The molecule has 0 saturated heterocycles. The van der Waals surface area contributed by atoms with E-state index in [1.54, 1.807) is 26.0 Å². The van der Waals surface area contributed by atoms with E-state index in [9.17, 15) is 18.0 Å². The second kappa shape index (κ2) is 6.62. The molecule has 1 rings (SSSR count). The maximum atomic E-state index is 12.1. The van der Waals surface area contributed by atoms with Gasteiger partial charge in [-0.15, -0.1) is 0 Å². The van der Waals surface area contributed by atoms with Crippen molar-refractivity contribution >= 4 is 21.9 Å². The Hall–Kier alpha value is -1.73. The quantitative estimate of drug-likeness (QED) is 0.446. The molecule has 0 N–H and O–H groups in total. The molecule has 0 spiro atoms. The Bertz CT molecular complexity index is 605. The topological polar surface area (TPSA) is 86.7 Å². The number of hydrogen-bond acceptors (Lipinski definition) is 6. The molecule has 110 valence electrons. The van der Waals surface area contributed by atoms with Crippen LogP contribution in [0.4, 0.5) is 0 Å². The minimum Gasteiger partial charge on any atom is -0.464 e. The summed E-state index contributed by atoms with van der Waals surface area (Å²) in [6.07, 6.45) is -1.78. The zero-order chi connectivity index (χ0) is 15.3. The Morgan fingerprint density at radius 1 is 1.25 bits per heavy atom. The van der Waals surface area contributed by atoms with Crippen molar-refractivity contribution in [3.63, 3.8) is 0 Å². The van der Waals surface area contributed by atoms with Crippen LogP contribution in [-0.4, -0.2) is 32.9 Å². The number of carbonyl (C=O) groups excluding carboxylic acids is 2. The van der Waals surface area contributed by atoms with Crippen LogP contribution in [-0.2, 0) is 28.6 Å². The van der Waals surface area contributed by atoms with Gasteiger partial charge in [-0.1, -0.05) is 18.2 Å². The van der Waals surface area contributed by atoms with Gasteiger partial charge in [0.2, 0.25) is 6.10 Å². The Balaban J connectivity index is 3.07. The van der Waals surface area contributed by atoms with Crippen molar-refractivity contribution in [1.82, 2.24) is 0 Å². The van der Waals surface area contributed by atoms with Gasteiger partial charge >= 0.3 is 5.97 Å². The molecule has 1 aromatic rings. The zero-order valence-corrected chi connectivity index (χ0v) is 12.3. The highest BCUT2D eigenvalue weighted by atomic mass is 32.2. The number of esters is 1. The van der Waals surface area contributed by atoms with Crippen molar-refractivity contribution in [2.45, 2.75) is 31.8 Å². The van der Waals surface area contributed by atoms with Crippen LogP contribution >= 0.6 is 0 Å². The van der Waals surface area contributed by atoms with E-state index in [1.807, 2.05) is 0 Å². The lowest BCUT2D eigenvalue weighted by Gasteiger charge is -2.14. The molecule has 0 aromatic heterocycles. The van der Waals surface area contributed by atoms with E-state index >= 15 is 0 Å². The molecule has 0 saturated carbocycles. The fraction of sp³-hybridized carbons (Fsp3) is 0.385. The van der Waals surface area contributed by atoms with E-state index in [2.05, 4.69) is 4.74 Å². The van der Waals surface area contributed by atoms with Gasteiger partial charge in [-0.25, -0.2) is 8.98 Å². The number of benzene rings is 1. The van der Waals surface area contributed by atoms with Crippen LogP contribution in [0, 0.1) is 6.92 Å². The lowest BCUT2D eigenvalue weighted by atomic mass is 10.2. The van der Waals surface area contributed by atoms with Gasteiger partial charge in [-0.2, -0.15) is 8.42 Å². The summed E-state index contributed by atoms with van der Waals surface area (Å²) in [4.78, 5) is 22.8. The fourth-order valence-corrected chi connectivity index (χ4v) is 2.79. The minimum absolute atomic E-state index is 0.0242. The third kappa shape index (κ3) is 3.88. The average molecular weight is 300 g/mol. The molecule has 0 amide bonds. The summed E-state index contributed by atoms with van der Waals surface area (Å²) < 4.78 is 33.5. The van der Waals surface area contributed by atoms with Crippen LogP contribution in [0.3, 0.4) is 0 Å². The molecule has 20 heavy (non-hydrogen) atoms. The monoisotopic (exact) mass is 300 g/mol. The first-order valence-corrected chi connectivity index (χ1v) is 7.36. The third-order valence-corrected chi connectivity index (χ3v) is 3.90. The fourth-order valence-electron chi connectivity index (χ4n) is 1.51. The molecule has 1 aromatic carbocycles. The smallest absolute Gasteiger partial charge is 0.344 e. The third-order valence-electron chi connectivity index (χ3n) is 2.46. The van der Waals surface area contributed by atoms with Crippen molar-refractivity contribution < 1.29 is 26.9 Å². The van der Waals surface area contributed by atoms with Crippen molar-refractivity contribution in [2.75, 3.05) is 6.61 Å². The van der Waals surface area contributed by atoms with Gasteiger partial charge in [0.1, 0.15) is 0 Å². The molecule has 7 heteroatoms. The normalized spacial score (nSPS) is 12.8. The Morgan fingerprint density at radius 3 is 2.35 bits per heavy atom. The van der Waals surface area contributed by atoms with Crippen molar-refractivity contribution in [3.05, 3.63) is 29.8 Å². The van der Waals surface area contributed by atoms with Crippen molar-refractivity contribution in [1.29, 1.82) is 0 Å². The maximum absolute atomic E-state index is 12.1.